The molecule has 0 radical (unpaired) electrons. The number of nitrogens with zero attached hydrogens (tertiary/aromatic N) is 1. The van der Waals surface area contributed by atoms with E-state index in [1.165, 1.54) is 6.07 Å². The molecule has 1 heterocycles. The number of hydrogen-bond acceptors (Lipinski definition) is 2. The number of likely N-dealkylation sites (tertiary alicyclic amines) is 1. The number of benzene rings is 1. The van der Waals surface area contributed by atoms with Crippen molar-refractivity contribution in [2.24, 2.45) is 11.7 Å². The highest BCUT2D eigenvalue weighted by molar-refractivity contribution is 6.30. The second-order valence-electron chi connectivity index (χ2n) is 5.05. The van der Waals surface area contributed by atoms with Crippen LogP contribution in [0, 0.1) is 11.7 Å². The van der Waals surface area contributed by atoms with Crippen LogP contribution in [0.1, 0.15) is 12.0 Å². The second-order valence-corrected chi connectivity index (χ2v) is 5.46. The van der Waals surface area contributed by atoms with Gasteiger partial charge in [0.15, 0.2) is 0 Å². The minimum absolute atomic E-state index is 0.0605. The smallest absolute Gasteiger partial charge is 0.142 e. The molecule has 1 saturated heterocycles. The van der Waals surface area contributed by atoms with E-state index in [9.17, 15) is 4.39 Å². The van der Waals surface area contributed by atoms with Gasteiger partial charge in [0.1, 0.15) is 5.82 Å². The number of rotatable bonds is 2. The summed E-state index contributed by atoms with van der Waals surface area (Å²) in [5.74, 6) is 0.315. The Kier molecular flexibility index (Phi) is 2.25. The molecule has 0 aromatic heterocycles. The molecular formula is C12H14ClFN2. The van der Waals surface area contributed by atoms with Gasteiger partial charge in [-0.05, 0) is 30.0 Å². The van der Waals surface area contributed by atoms with Gasteiger partial charge in [0, 0.05) is 25.2 Å². The lowest BCUT2D eigenvalue weighted by Gasteiger charge is -2.18. The first-order valence-corrected chi connectivity index (χ1v) is 5.90. The Balaban J connectivity index is 1.68. The zero-order valence-electron chi connectivity index (χ0n) is 8.92. The molecule has 2 atom stereocenters. The Morgan fingerprint density at radius 2 is 2.38 bits per heavy atom. The van der Waals surface area contributed by atoms with Crippen LogP contribution in [-0.4, -0.2) is 23.5 Å². The molecule has 0 bridgehead atoms. The van der Waals surface area contributed by atoms with Crippen molar-refractivity contribution in [3.63, 3.8) is 0 Å². The van der Waals surface area contributed by atoms with Crippen LogP contribution in [0.5, 0.6) is 0 Å². The third kappa shape index (κ3) is 1.73. The third-order valence-electron chi connectivity index (χ3n) is 3.67. The van der Waals surface area contributed by atoms with Gasteiger partial charge in [0.25, 0.3) is 0 Å². The monoisotopic (exact) mass is 240 g/mol. The molecule has 1 saturated carbocycles. The standard InChI is InChI=1S/C12H14ClFN2/c13-10-2-1-8(3-11(10)14)5-16-6-9-4-12(9,15)7-16/h1-3,9H,4-7,15H2. The highest BCUT2D eigenvalue weighted by Crippen LogP contribution is 2.47. The molecule has 1 aliphatic heterocycles. The van der Waals surface area contributed by atoms with Gasteiger partial charge in [-0.25, -0.2) is 4.39 Å². The number of fused-ring (bicyclic) bond motifs is 1. The van der Waals surface area contributed by atoms with E-state index in [2.05, 4.69) is 4.90 Å². The van der Waals surface area contributed by atoms with Crippen LogP contribution >= 0.6 is 11.6 Å². The van der Waals surface area contributed by atoms with Crippen molar-refractivity contribution >= 4 is 11.6 Å². The van der Waals surface area contributed by atoms with Crippen molar-refractivity contribution in [1.82, 2.24) is 4.90 Å². The Morgan fingerprint density at radius 1 is 1.56 bits per heavy atom. The third-order valence-corrected chi connectivity index (χ3v) is 3.97. The van der Waals surface area contributed by atoms with Crippen molar-refractivity contribution < 1.29 is 4.39 Å². The summed E-state index contributed by atoms with van der Waals surface area (Å²) in [6.07, 6.45) is 1.15. The number of nitrogens with two attached hydrogens (primary N) is 1. The average molecular weight is 241 g/mol. The van der Waals surface area contributed by atoms with Gasteiger partial charge in [-0.1, -0.05) is 17.7 Å². The summed E-state index contributed by atoms with van der Waals surface area (Å²) in [6.45, 7) is 2.74. The Bertz CT molecular complexity index is 437. The van der Waals surface area contributed by atoms with Crippen molar-refractivity contribution in [2.75, 3.05) is 13.1 Å². The molecule has 1 aliphatic carbocycles. The summed E-state index contributed by atoms with van der Waals surface area (Å²) in [7, 11) is 0. The maximum Gasteiger partial charge on any atom is 0.142 e. The molecular weight excluding hydrogens is 227 g/mol. The molecule has 4 heteroatoms. The zero-order chi connectivity index (χ0) is 11.3. The molecule has 0 amide bonds. The van der Waals surface area contributed by atoms with Crippen molar-refractivity contribution in [2.45, 2.75) is 18.5 Å². The summed E-state index contributed by atoms with van der Waals surface area (Å²) in [5.41, 5.74) is 7.14. The second kappa shape index (κ2) is 3.42. The molecule has 1 aromatic rings. The normalized spacial score (nSPS) is 32.8. The van der Waals surface area contributed by atoms with Crippen molar-refractivity contribution in [3.05, 3.63) is 34.6 Å². The van der Waals surface area contributed by atoms with Crippen LogP contribution in [0.2, 0.25) is 5.02 Å². The quantitative estimate of drug-likeness (QED) is 0.857. The molecule has 1 aromatic carbocycles. The van der Waals surface area contributed by atoms with E-state index in [1.54, 1.807) is 6.07 Å². The maximum atomic E-state index is 13.2. The predicted molar refractivity (Wildman–Crippen MR) is 61.7 cm³/mol. The highest BCUT2D eigenvalue weighted by Gasteiger charge is 2.56. The van der Waals surface area contributed by atoms with Crippen LogP contribution < -0.4 is 5.73 Å². The van der Waals surface area contributed by atoms with E-state index in [0.29, 0.717) is 5.92 Å². The topological polar surface area (TPSA) is 29.3 Å². The lowest BCUT2D eigenvalue weighted by atomic mass is 10.2. The fourth-order valence-corrected chi connectivity index (χ4v) is 2.77. The van der Waals surface area contributed by atoms with Gasteiger partial charge < -0.3 is 5.73 Å². The largest absolute Gasteiger partial charge is 0.324 e. The molecule has 2 fully saturated rings. The highest BCUT2D eigenvalue weighted by atomic mass is 35.5. The number of piperidine rings is 1. The molecule has 2 nitrogen and oxygen atoms in total. The summed E-state index contributed by atoms with van der Waals surface area (Å²) in [4.78, 5) is 2.29. The minimum atomic E-state index is -0.342. The zero-order valence-corrected chi connectivity index (χ0v) is 9.67. The van der Waals surface area contributed by atoms with Crippen molar-refractivity contribution in [3.8, 4) is 0 Å². The first-order chi connectivity index (χ1) is 7.57. The Morgan fingerprint density at radius 3 is 3.00 bits per heavy atom. The molecule has 2 N–H and O–H groups in total. The molecule has 2 unspecified atom stereocenters. The minimum Gasteiger partial charge on any atom is -0.324 e. The van der Waals surface area contributed by atoms with E-state index in [4.69, 9.17) is 17.3 Å². The molecule has 0 spiro atoms. The number of halogens is 2. The van der Waals surface area contributed by atoms with Crippen LogP contribution in [0.4, 0.5) is 4.39 Å². The molecule has 16 heavy (non-hydrogen) atoms. The van der Waals surface area contributed by atoms with Crippen LogP contribution in [-0.2, 0) is 6.54 Å². The van der Waals surface area contributed by atoms with Gasteiger partial charge in [-0.3, -0.25) is 4.90 Å². The predicted octanol–water partition coefficient (Wildman–Crippen LogP) is 2.01. The molecule has 86 valence electrons. The van der Waals surface area contributed by atoms with Crippen LogP contribution in [0.3, 0.4) is 0 Å². The van der Waals surface area contributed by atoms with Gasteiger partial charge in [-0.15, -0.1) is 0 Å². The first kappa shape index (κ1) is 10.5. The molecule has 2 aliphatic rings. The van der Waals surface area contributed by atoms with E-state index in [0.717, 1.165) is 31.6 Å². The van der Waals surface area contributed by atoms with E-state index < -0.39 is 0 Å². The van der Waals surface area contributed by atoms with Crippen LogP contribution in [0.25, 0.3) is 0 Å². The molecule has 3 rings (SSSR count). The van der Waals surface area contributed by atoms with Gasteiger partial charge in [-0.2, -0.15) is 0 Å². The van der Waals surface area contributed by atoms with Crippen molar-refractivity contribution in [1.29, 1.82) is 0 Å². The average Bonchev–Trinajstić information content (AvgIpc) is 2.72. The SMILES string of the molecule is NC12CC1CN(Cc1ccc(Cl)c(F)c1)C2. The summed E-state index contributed by atoms with van der Waals surface area (Å²) in [5, 5.41) is 0.184. The summed E-state index contributed by atoms with van der Waals surface area (Å²) < 4.78 is 13.2. The Labute approximate surface area is 99.2 Å². The van der Waals surface area contributed by atoms with E-state index in [1.807, 2.05) is 6.07 Å². The van der Waals surface area contributed by atoms with E-state index >= 15 is 0 Å². The fraction of sp³-hybridized carbons (Fsp3) is 0.500. The lowest BCUT2D eigenvalue weighted by molar-refractivity contribution is 0.290. The lowest BCUT2D eigenvalue weighted by Crippen LogP contribution is -2.32. The van der Waals surface area contributed by atoms with Gasteiger partial charge in [0.05, 0.1) is 5.02 Å². The Hall–Kier alpha value is -0.640. The maximum absolute atomic E-state index is 13.2. The summed E-state index contributed by atoms with van der Waals surface area (Å²) in [6, 6.07) is 5.00. The van der Waals surface area contributed by atoms with Crippen LogP contribution in [0.15, 0.2) is 18.2 Å². The summed E-state index contributed by atoms with van der Waals surface area (Å²) >= 11 is 5.64. The number of hydrogen-bond donors (Lipinski definition) is 1. The van der Waals surface area contributed by atoms with E-state index in [-0.39, 0.29) is 16.4 Å². The van der Waals surface area contributed by atoms with Gasteiger partial charge in [0.2, 0.25) is 0 Å². The van der Waals surface area contributed by atoms with Gasteiger partial charge >= 0.3 is 0 Å². The first-order valence-electron chi connectivity index (χ1n) is 5.52. The fourth-order valence-electron chi connectivity index (χ4n) is 2.65.